The molecule has 0 unspecified atom stereocenters. The number of hydrogen-bond donors (Lipinski definition) is 0. The molecule has 1 rings (SSSR count). The number of nitro groups is 1. The molecule has 0 fully saturated rings. The van der Waals surface area contributed by atoms with Crippen LogP contribution in [0, 0.1) is 10.1 Å². The molecule has 0 aliphatic heterocycles. The zero-order chi connectivity index (χ0) is 15.6. The molecule has 0 spiro atoms. The van der Waals surface area contributed by atoms with Crippen molar-refractivity contribution in [2.75, 3.05) is 18.6 Å². The highest BCUT2D eigenvalue weighted by molar-refractivity contribution is 8.13. The van der Waals surface area contributed by atoms with Gasteiger partial charge in [0.05, 0.1) is 10.7 Å². The molecule has 0 aromatic heterocycles. The molecule has 8 nitrogen and oxygen atoms in total. The predicted molar refractivity (Wildman–Crippen MR) is 71.3 cm³/mol. The van der Waals surface area contributed by atoms with Crippen molar-refractivity contribution in [1.29, 1.82) is 0 Å². The van der Waals surface area contributed by atoms with Crippen LogP contribution in [0.15, 0.2) is 23.1 Å². The van der Waals surface area contributed by atoms with Gasteiger partial charge in [0.1, 0.15) is 17.3 Å². The number of sulfone groups is 1. The molecule has 0 aliphatic carbocycles. The van der Waals surface area contributed by atoms with Crippen LogP contribution < -0.4 is 4.74 Å². The van der Waals surface area contributed by atoms with Gasteiger partial charge >= 0.3 is 0 Å². The van der Waals surface area contributed by atoms with Gasteiger partial charge in [0, 0.05) is 29.1 Å². The summed E-state index contributed by atoms with van der Waals surface area (Å²) in [6.07, 6.45) is 0.991. The monoisotopic (exact) mass is 343 g/mol. The highest BCUT2D eigenvalue weighted by Gasteiger charge is 2.21. The minimum atomic E-state index is -4.26. The van der Waals surface area contributed by atoms with Crippen LogP contribution in [0.2, 0.25) is 0 Å². The summed E-state index contributed by atoms with van der Waals surface area (Å²) in [5.41, 5.74) is -0.473. The standard InChI is InChI=1S/C9H10ClNO7S2/c1-19(14,15)5-4-18-8-3-2-7(11(12)13)6-9(8)20(10,16)17/h2-3,6H,4-5H2,1H3. The first-order valence-corrected chi connectivity index (χ1v) is 9.41. The van der Waals surface area contributed by atoms with E-state index >= 15 is 0 Å². The third-order valence-corrected chi connectivity index (χ3v) is 4.36. The smallest absolute Gasteiger partial charge is 0.271 e. The first-order valence-electron chi connectivity index (χ1n) is 5.04. The summed E-state index contributed by atoms with van der Waals surface area (Å²) in [7, 11) is -2.38. The second-order valence-corrected chi connectivity index (χ2v) is 8.60. The van der Waals surface area contributed by atoms with Crippen LogP contribution in [0.1, 0.15) is 0 Å². The lowest BCUT2D eigenvalue weighted by Gasteiger charge is -2.08. The normalized spacial score (nSPS) is 12.1. The Morgan fingerprint density at radius 2 is 1.90 bits per heavy atom. The van der Waals surface area contributed by atoms with Gasteiger partial charge in [-0.3, -0.25) is 10.1 Å². The van der Waals surface area contributed by atoms with E-state index in [1.165, 1.54) is 0 Å². The fourth-order valence-corrected chi connectivity index (χ4v) is 2.60. The maximum absolute atomic E-state index is 11.3. The molecule has 11 heteroatoms. The van der Waals surface area contributed by atoms with E-state index in [-0.39, 0.29) is 18.1 Å². The van der Waals surface area contributed by atoms with E-state index in [1.54, 1.807) is 0 Å². The average Bonchev–Trinajstić information content (AvgIpc) is 2.25. The van der Waals surface area contributed by atoms with Crippen molar-refractivity contribution in [3.8, 4) is 5.75 Å². The lowest BCUT2D eigenvalue weighted by molar-refractivity contribution is -0.385. The quantitative estimate of drug-likeness (QED) is 0.428. The van der Waals surface area contributed by atoms with Gasteiger partial charge in [-0.15, -0.1) is 0 Å². The number of ether oxygens (including phenoxy) is 1. The van der Waals surface area contributed by atoms with Gasteiger partial charge in [0.25, 0.3) is 14.7 Å². The maximum atomic E-state index is 11.3. The highest BCUT2D eigenvalue weighted by atomic mass is 35.7. The fourth-order valence-electron chi connectivity index (χ4n) is 1.22. The molecule has 112 valence electrons. The van der Waals surface area contributed by atoms with E-state index in [4.69, 9.17) is 15.4 Å². The zero-order valence-corrected chi connectivity index (χ0v) is 12.5. The van der Waals surface area contributed by atoms with E-state index in [0.29, 0.717) is 0 Å². The van der Waals surface area contributed by atoms with Gasteiger partial charge in [-0.1, -0.05) is 0 Å². The zero-order valence-electron chi connectivity index (χ0n) is 10.1. The molecule has 0 bridgehead atoms. The lowest BCUT2D eigenvalue weighted by Crippen LogP contribution is -2.13. The molecule has 0 radical (unpaired) electrons. The van der Waals surface area contributed by atoms with Gasteiger partial charge in [0.2, 0.25) is 0 Å². The van der Waals surface area contributed by atoms with Gasteiger partial charge in [0.15, 0.2) is 9.84 Å². The van der Waals surface area contributed by atoms with Crippen LogP contribution in [0.25, 0.3) is 0 Å². The Morgan fingerprint density at radius 3 is 2.35 bits per heavy atom. The number of halogens is 1. The second kappa shape index (κ2) is 5.94. The van der Waals surface area contributed by atoms with Gasteiger partial charge < -0.3 is 4.74 Å². The third kappa shape index (κ3) is 4.94. The van der Waals surface area contributed by atoms with Crippen LogP contribution in [-0.2, 0) is 18.9 Å². The van der Waals surface area contributed by atoms with E-state index in [9.17, 15) is 26.9 Å². The minimum Gasteiger partial charge on any atom is -0.491 e. The number of non-ortho nitro benzene ring substituents is 1. The molecule has 0 atom stereocenters. The Bertz CT molecular complexity index is 727. The van der Waals surface area contributed by atoms with Crippen molar-refractivity contribution < 1.29 is 26.5 Å². The summed E-state index contributed by atoms with van der Waals surface area (Å²) >= 11 is 0. The molecule has 1 aromatic rings. The van der Waals surface area contributed by atoms with Crippen molar-refractivity contribution in [2.24, 2.45) is 0 Å². The highest BCUT2D eigenvalue weighted by Crippen LogP contribution is 2.30. The van der Waals surface area contributed by atoms with E-state index in [1.807, 2.05) is 0 Å². The summed E-state index contributed by atoms with van der Waals surface area (Å²) in [6, 6.07) is 2.83. The first kappa shape index (κ1) is 16.7. The first-order chi connectivity index (χ1) is 9.00. The van der Waals surface area contributed by atoms with E-state index in [2.05, 4.69) is 0 Å². The summed E-state index contributed by atoms with van der Waals surface area (Å²) < 4.78 is 49.5. The fraction of sp³-hybridized carbons (Fsp3) is 0.333. The van der Waals surface area contributed by atoms with Crippen molar-refractivity contribution in [3.63, 3.8) is 0 Å². The van der Waals surface area contributed by atoms with Crippen LogP contribution >= 0.6 is 10.7 Å². The van der Waals surface area contributed by atoms with E-state index < -0.39 is 34.4 Å². The van der Waals surface area contributed by atoms with Crippen LogP contribution in [0.3, 0.4) is 0 Å². The molecule has 0 N–H and O–H groups in total. The van der Waals surface area contributed by atoms with Gasteiger partial charge in [-0.25, -0.2) is 16.8 Å². The summed E-state index contributed by atoms with van der Waals surface area (Å²) in [5, 5.41) is 10.6. The number of benzene rings is 1. The Hall–Kier alpha value is -1.39. The molecule has 0 heterocycles. The predicted octanol–water partition coefficient (Wildman–Crippen LogP) is 0.946. The third-order valence-electron chi connectivity index (χ3n) is 2.11. The van der Waals surface area contributed by atoms with Crippen LogP contribution in [0.5, 0.6) is 5.75 Å². The SMILES string of the molecule is CS(=O)(=O)CCOc1ccc([N+](=O)[O-])cc1S(=O)(=O)Cl. The van der Waals surface area contributed by atoms with Crippen LogP contribution in [0.4, 0.5) is 5.69 Å². The maximum Gasteiger partial charge on any atom is 0.271 e. The Kier molecular flexibility index (Phi) is 4.95. The molecular formula is C9H10ClNO7S2. The molecule has 0 amide bonds. The summed E-state index contributed by atoms with van der Waals surface area (Å²) in [5.74, 6) is -0.569. The van der Waals surface area contributed by atoms with Crippen molar-refractivity contribution in [3.05, 3.63) is 28.3 Å². The number of nitro benzene ring substituents is 1. The van der Waals surface area contributed by atoms with Gasteiger partial charge in [-0.05, 0) is 6.07 Å². The molecule has 1 aromatic carbocycles. The average molecular weight is 344 g/mol. The van der Waals surface area contributed by atoms with Crippen molar-refractivity contribution in [2.45, 2.75) is 4.90 Å². The molecule has 0 saturated heterocycles. The van der Waals surface area contributed by atoms with Crippen molar-refractivity contribution in [1.82, 2.24) is 0 Å². The molecular weight excluding hydrogens is 334 g/mol. The number of nitrogens with zero attached hydrogens (tertiary/aromatic N) is 1. The summed E-state index contributed by atoms with van der Waals surface area (Å²) in [6.45, 7) is -0.296. The van der Waals surface area contributed by atoms with Crippen molar-refractivity contribution >= 4 is 35.3 Å². The number of rotatable bonds is 6. The van der Waals surface area contributed by atoms with E-state index in [0.717, 1.165) is 24.5 Å². The molecule has 0 aliphatic rings. The lowest BCUT2D eigenvalue weighted by atomic mass is 10.3. The second-order valence-electron chi connectivity index (χ2n) is 3.80. The van der Waals surface area contributed by atoms with Gasteiger partial charge in [-0.2, -0.15) is 0 Å². The molecule has 0 saturated carbocycles. The molecule has 20 heavy (non-hydrogen) atoms. The number of hydrogen-bond acceptors (Lipinski definition) is 7. The topological polar surface area (TPSA) is 121 Å². The minimum absolute atomic E-state index is 0.241. The Balaban J connectivity index is 3.10. The summed E-state index contributed by atoms with van der Waals surface area (Å²) in [4.78, 5) is 9.22. The largest absolute Gasteiger partial charge is 0.491 e. The Morgan fingerprint density at radius 1 is 1.30 bits per heavy atom. The Labute approximate surface area is 119 Å². The van der Waals surface area contributed by atoms with Crippen LogP contribution in [-0.4, -0.2) is 40.4 Å².